The number of hydrogen-bond acceptors (Lipinski definition) is 2. The molecule has 2 aliphatic rings. The van der Waals surface area contributed by atoms with Crippen LogP contribution in [0.15, 0.2) is 0 Å². The van der Waals surface area contributed by atoms with E-state index in [0.717, 1.165) is 18.0 Å². The predicted octanol–water partition coefficient (Wildman–Crippen LogP) is 3.76. The number of nitrogens with zero attached hydrogens (tertiary/aromatic N) is 2. The molecule has 2 rings (SSSR count). The predicted molar refractivity (Wildman–Crippen MR) is 83.6 cm³/mol. The topological polar surface area (TPSA) is 6.48 Å². The summed E-state index contributed by atoms with van der Waals surface area (Å²) in [6, 6.07) is 1.71. The lowest BCUT2D eigenvalue weighted by atomic mass is 9.96. The Hall–Kier alpha value is -0.0800. The molecule has 2 heteroatoms. The van der Waals surface area contributed by atoms with E-state index in [1.807, 2.05) is 0 Å². The van der Waals surface area contributed by atoms with Crippen molar-refractivity contribution < 1.29 is 0 Å². The molecule has 0 radical (unpaired) electrons. The minimum absolute atomic E-state index is 0.824. The van der Waals surface area contributed by atoms with E-state index in [1.165, 1.54) is 71.1 Å². The maximum Gasteiger partial charge on any atom is 0.0224 e. The van der Waals surface area contributed by atoms with Crippen molar-refractivity contribution in [2.75, 3.05) is 26.2 Å². The molecule has 2 saturated heterocycles. The molecule has 19 heavy (non-hydrogen) atoms. The summed E-state index contributed by atoms with van der Waals surface area (Å²) in [5.41, 5.74) is 0. The number of piperazine rings is 1. The standard InChI is InChI=1S/C17H34N2/c1-4-7-9-15(5-2)12-19-14-17-10-8-11-18(17)13-16(19)6-3/h15-17H,4-14H2,1-3H3. The van der Waals surface area contributed by atoms with Gasteiger partial charge in [-0.3, -0.25) is 9.80 Å². The number of unbranched alkanes of at least 4 members (excludes halogenated alkanes) is 1. The molecule has 2 nitrogen and oxygen atoms in total. The molecule has 3 atom stereocenters. The highest BCUT2D eigenvalue weighted by Gasteiger charge is 2.35. The summed E-state index contributed by atoms with van der Waals surface area (Å²) in [5, 5.41) is 0. The first kappa shape index (κ1) is 15.3. The Bertz CT molecular complexity index is 254. The van der Waals surface area contributed by atoms with Crippen molar-refractivity contribution in [2.45, 2.75) is 77.8 Å². The highest BCUT2D eigenvalue weighted by atomic mass is 15.3. The van der Waals surface area contributed by atoms with Gasteiger partial charge in [0.05, 0.1) is 0 Å². The highest BCUT2D eigenvalue weighted by molar-refractivity contribution is 4.92. The minimum Gasteiger partial charge on any atom is -0.298 e. The summed E-state index contributed by atoms with van der Waals surface area (Å²) in [4.78, 5) is 5.61. The molecule has 3 unspecified atom stereocenters. The average molecular weight is 266 g/mol. The summed E-state index contributed by atoms with van der Waals surface area (Å²) >= 11 is 0. The highest BCUT2D eigenvalue weighted by Crippen LogP contribution is 2.27. The number of fused-ring (bicyclic) bond motifs is 1. The molecule has 0 N–H and O–H groups in total. The second-order valence-corrected chi connectivity index (χ2v) is 6.72. The molecule has 0 spiro atoms. The Balaban J connectivity index is 1.88. The molecule has 112 valence electrons. The Kier molecular flexibility index (Phi) is 6.15. The third-order valence-electron chi connectivity index (χ3n) is 5.41. The lowest BCUT2D eigenvalue weighted by Crippen LogP contribution is -2.56. The van der Waals surface area contributed by atoms with Gasteiger partial charge >= 0.3 is 0 Å². The van der Waals surface area contributed by atoms with Crippen molar-refractivity contribution in [3.63, 3.8) is 0 Å². The summed E-state index contributed by atoms with van der Waals surface area (Å²) in [7, 11) is 0. The molecule has 2 fully saturated rings. The zero-order valence-corrected chi connectivity index (χ0v) is 13.4. The quantitative estimate of drug-likeness (QED) is 0.692. The van der Waals surface area contributed by atoms with Crippen LogP contribution in [0.3, 0.4) is 0 Å². The van der Waals surface area contributed by atoms with Gasteiger partial charge in [0.1, 0.15) is 0 Å². The van der Waals surface area contributed by atoms with Crippen molar-refractivity contribution >= 4 is 0 Å². The summed E-state index contributed by atoms with van der Waals surface area (Å²) < 4.78 is 0. The second-order valence-electron chi connectivity index (χ2n) is 6.72. The van der Waals surface area contributed by atoms with E-state index in [9.17, 15) is 0 Å². The maximum absolute atomic E-state index is 2.84. The van der Waals surface area contributed by atoms with Crippen LogP contribution in [0.2, 0.25) is 0 Å². The van der Waals surface area contributed by atoms with Gasteiger partial charge in [-0.25, -0.2) is 0 Å². The lowest BCUT2D eigenvalue weighted by Gasteiger charge is -2.44. The molecular weight excluding hydrogens is 232 g/mol. The van der Waals surface area contributed by atoms with Crippen LogP contribution in [0.1, 0.15) is 65.7 Å². The van der Waals surface area contributed by atoms with E-state index in [-0.39, 0.29) is 0 Å². The first-order valence-electron chi connectivity index (χ1n) is 8.76. The van der Waals surface area contributed by atoms with Gasteiger partial charge in [0.2, 0.25) is 0 Å². The van der Waals surface area contributed by atoms with Crippen molar-refractivity contribution in [3.05, 3.63) is 0 Å². The Morgan fingerprint density at radius 1 is 1.16 bits per heavy atom. The van der Waals surface area contributed by atoms with Gasteiger partial charge in [0, 0.05) is 31.7 Å². The first-order valence-corrected chi connectivity index (χ1v) is 8.76. The monoisotopic (exact) mass is 266 g/mol. The van der Waals surface area contributed by atoms with Crippen LogP contribution in [0, 0.1) is 5.92 Å². The maximum atomic E-state index is 2.84. The fourth-order valence-corrected chi connectivity index (χ4v) is 4.01. The zero-order valence-electron chi connectivity index (χ0n) is 13.4. The van der Waals surface area contributed by atoms with Crippen molar-refractivity contribution in [2.24, 2.45) is 5.92 Å². The van der Waals surface area contributed by atoms with Crippen molar-refractivity contribution in [3.8, 4) is 0 Å². The number of hydrogen-bond donors (Lipinski definition) is 0. The Labute approximate surface area is 120 Å². The van der Waals surface area contributed by atoms with Gasteiger partial charge in [0.15, 0.2) is 0 Å². The van der Waals surface area contributed by atoms with E-state index < -0.39 is 0 Å². The molecule has 2 aliphatic heterocycles. The Morgan fingerprint density at radius 3 is 2.68 bits per heavy atom. The summed E-state index contributed by atoms with van der Waals surface area (Å²) in [6.45, 7) is 12.5. The lowest BCUT2D eigenvalue weighted by molar-refractivity contribution is 0.0365. The van der Waals surface area contributed by atoms with E-state index in [1.54, 1.807) is 0 Å². The largest absolute Gasteiger partial charge is 0.298 e. The van der Waals surface area contributed by atoms with Gasteiger partial charge in [0.25, 0.3) is 0 Å². The van der Waals surface area contributed by atoms with Gasteiger partial charge in [-0.15, -0.1) is 0 Å². The van der Waals surface area contributed by atoms with Gasteiger partial charge in [-0.05, 0) is 38.1 Å². The minimum atomic E-state index is 0.824. The normalized spacial score (nSPS) is 30.5. The van der Waals surface area contributed by atoms with Crippen molar-refractivity contribution in [1.29, 1.82) is 0 Å². The molecule has 0 aromatic rings. The van der Waals surface area contributed by atoms with Crippen LogP contribution >= 0.6 is 0 Å². The van der Waals surface area contributed by atoms with E-state index >= 15 is 0 Å². The molecule has 0 aromatic heterocycles. The van der Waals surface area contributed by atoms with Crippen LogP contribution in [0.25, 0.3) is 0 Å². The van der Waals surface area contributed by atoms with E-state index in [2.05, 4.69) is 30.6 Å². The SMILES string of the molecule is CCCCC(CC)CN1CC2CCCN2CC1CC. The third-order valence-corrected chi connectivity index (χ3v) is 5.41. The fraction of sp³-hybridized carbons (Fsp3) is 1.00. The van der Waals surface area contributed by atoms with Crippen LogP contribution in [-0.2, 0) is 0 Å². The molecule has 0 saturated carbocycles. The second kappa shape index (κ2) is 7.64. The number of rotatable bonds is 7. The first-order chi connectivity index (χ1) is 9.28. The zero-order chi connectivity index (χ0) is 13.7. The van der Waals surface area contributed by atoms with Crippen LogP contribution in [-0.4, -0.2) is 48.1 Å². The molecule has 0 aromatic carbocycles. The van der Waals surface area contributed by atoms with Crippen LogP contribution in [0.4, 0.5) is 0 Å². The summed E-state index contributed by atoms with van der Waals surface area (Å²) in [5.74, 6) is 0.932. The Morgan fingerprint density at radius 2 is 2.00 bits per heavy atom. The molecular formula is C17H34N2. The van der Waals surface area contributed by atoms with Crippen LogP contribution < -0.4 is 0 Å². The van der Waals surface area contributed by atoms with Gasteiger partial charge in [-0.1, -0.05) is 40.0 Å². The summed E-state index contributed by atoms with van der Waals surface area (Å²) in [6.07, 6.45) is 9.77. The molecule has 0 amide bonds. The van der Waals surface area contributed by atoms with Crippen LogP contribution in [0.5, 0.6) is 0 Å². The molecule has 0 aliphatic carbocycles. The average Bonchev–Trinajstić information content (AvgIpc) is 2.89. The fourth-order valence-electron chi connectivity index (χ4n) is 4.01. The van der Waals surface area contributed by atoms with Crippen molar-refractivity contribution in [1.82, 2.24) is 9.80 Å². The van der Waals surface area contributed by atoms with E-state index in [4.69, 9.17) is 0 Å². The molecule has 2 heterocycles. The van der Waals surface area contributed by atoms with Gasteiger partial charge in [-0.2, -0.15) is 0 Å². The van der Waals surface area contributed by atoms with Gasteiger partial charge < -0.3 is 0 Å². The molecule has 0 bridgehead atoms. The third kappa shape index (κ3) is 3.95. The van der Waals surface area contributed by atoms with E-state index in [0.29, 0.717) is 0 Å². The smallest absolute Gasteiger partial charge is 0.0224 e.